The fourth-order valence-electron chi connectivity index (χ4n) is 4.41. The van der Waals surface area contributed by atoms with Crippen molar-refractivity contribution in [3.8, 4) is 5.75 Å². The molecule has 2 atom stereocenters. The molecule has 0 saturated carbocycles. The van der Waals surface area contributed by atoms with Crippen molar-refractivity contribution in [2.24, 2.45) is 0 Å². The number of alkyl halides is 3. The molecule has 2 saturated heterocycles. The maximum atomic E-state index is 13.0. The maximum absolute atomic E-state index is 13.0. The summed E-state index contributed by atoms with van der Waals surface area (Å²) in [6.07, 6.45) is -2.55. The number of ether oxygens (including phenoxy) is 1. The Balaban J connectivity index is 1.57. The number of likely N-dealkylation sites (N-methyl/N-ethyl adjacent to an activating group) is 1. The van der Waals surface area contributed by atoms with Gasteiger partial charge in [0.15, 0.2) is 0 Å². The number of carbonyl (C=O) groups is 1. The third-order valence-corrected chi connectivity index (χ3v) is 6.10. The Labute approximate surface area is 156 Å². The topological polar surface area (TPSA) is 36.0 Å². The lowest BCUT2D eigenvalue weighted by molar-refractivity contribution is -0.137. The number of likely N-dealkylation sites (tertiary alicyclic amines) is 2. The number of hydrogen-bond acceptors (Lipinski definition) is 4. The number of carbonyl (C=O) groups excluding carboxylic acids is 1. The van der Waals surface area contributed by atoms with E-state index in [1.165, 1.54) is 6.07 Å². The number of fused-ring (bicyclic) bond motifs is 2. The standard InChI is InChI=1S/C19H24F3N3O2/c1-23-7-5-13(6-8-23)25-10-15-17(11-25)27-16-4-3-12(19(20,21)22)9-14(16)18(26)24(15)2/h3-4,9,13,15,17H,5-8,10-11H2,1-2H3. The molecule has 1 amide bonds. The van der Waals surface area contributed by atoms with Crippen molar-refractivity contribution in [3.63, 3.8) is 0 Å². The van der Waals surface area contributed by atoms with Crippen molar-refractivity contribution in [2.45, 2.75) is 37.2 Å². The Bertz CT molecular complexity index is 731. The second kappa shape index (κ2) is 6.67. The van der Waals surface area contributed by atoms with E-state index in [0.717, 1.165) is 38.1 Å². The highest BCUT2D eigenvalue weighted by atomic mass is 19.4. The Morgan fingerprint density at radius 1 is 1.11 bits per heavy atom. The summed E-state index contributed by atoms with van der Waals surface area (Å²) in [6.45, 7) is 3.49. The second-order valence-corrected chi connectivity index (χ2v) is 7.84. The molecule has 0 aromatic heterocycles. The lowest BCUT2D eigenvalue weighted by Gasteiger charge is -2.35. The third kappa shape index (κ3) is 3.40. The van der Waals surface area contributed by atoms with E-state index in [1.807, 2.05) is 0 Å². The van der Waals surface area contributed by atoms with Gasteiger partial charge in [0.25, 0.3) is 5.91 Å². The van der Waals surface area contributed by atoms with E-state index >= 15 is 0 Å². The van der Waals surface area contributed by atoms with Crippen molar-refractivity contribution >= 4 is 5.91 Å². The lowest BCUT2D eigenvalue weighted by Crippen LogP contribution is -2.45. The fraction of sp³-hybridized carbons (Fsp3) is 0.632. The van der Waals surface area contributed by atoms with Crippen LogP contribution in [0.4, 0.5) is 13.2 Å². The number of rotatable bonds is 1. The first-order valence-electron chi connectivity index (χ1n) is 9.31. The van der Waals surface area contributed by atoms with Gasteiger partial charge in [0.05, 0.1) is 17.2 Å². The molecule has 27 heavy (non-hydrogen) atoms. The predicted molar refractivity (Wildman–Crippen MR) is 93.8 cm³/mol. The van der Waals surface area contributed by atoms with Crippen molar-refractivity contribution in [1.82, 2.24) is 14.7 Å². The highest BCUT2D eigenvalue weighted by molar-refractivity contribution is 5.97. The van der Waals surface area contributed by atoms with Crippen molar-refractivity contribution in [3.05, 3.63) is 29.3 Å². The predicted octanol–water partition coefficient (Wildman–Crippen LogP) is 2.32. The third-order valence-electron chi connectivity index (χ3n) is 6.10. The molecule has 8 heteroatoms. The number of benzene rings is 1. The Morgan fingerprint density at radius 2 is 1.81 bits per heavy atom. The van der Waals surface area contributed by atoms with Crippen LogP contribution in [0.25, 0.3) is 0 Å². The van der Waals surface area contributed by atoms with Gasteiger partial charge in [-0.2, -0.15) is 13.2 Å². The van der Waals surface area contributed by atoms with Gasteiger partial charge in [-0.1, -0.05) is 0 Å². The van der Waals surface area contributed by atoms with Gasteiger partial charge in [0.2, 0.25) is 0 Å². The molecule has 0 spiro atoms. The molecular formula is C19H24F3N3O2. The van der Waals surface area contributed by atoms with Crippen LogP contribution < -0.4 is 4.74 Å². The van der Waals surface area contributed by atoms with E-state index in [0.29, 0.717) is 19.1 Å². The van der Waals surface area contributed by atoms with Gasteiger partial charge in [-0.25, -0.2) is 0 Å². The van der Waals surface area contributed by atoms with Crippen LogP contribution >= 0.6 is 0 Å². The van der Waals surface area contributed by atoms with Crippen molar-refractivity contribution in [2.75, 3.05) is 40.3 Å². The van der Waals surface area contributed by atoms with Gasteiger partial charge in [-0.3, -0.25) is 9.69 Å². The highest BCUT2D eigenvalue weighted by Gasteiger charge is 2.45. The smallest absolute Gasteiger partial charge is 0.416 e. The molecule has 0 bridgehead atoms. The molecule has 3 aliphatic heterocycles. The molecule has 2 fully saturated rings. The van der Waals surface area contributed by atoms with Crippen molar-refractivity contribution < 1.29 is 22.7 Å². The minimum atomic E-state index is -4.49. The zero-order chi connectivity index (χ0) is 19.3. The average molecular weight is 383 g/mol. The van der Waals surface area contributed by atoms with Crippen molar-refractivity contribution in [1.29, 1.82) is 0 Å². The summed E-state index contributed by atoms with van der Waals surface area (Å²) >= 11 is 0. The van der Waals surface area contributed by atoms with Crippen LogP contribution in [0.2, 0.25) is 0 Å². The molecule has 1 aromatic rings. The van der Waals surface area contributed by atoms with Crippen LogP contribution in [0.3, 0.4) is 0 Å². The number of hydrogen-bond donors (Lipinski definition) is 0. The summed E-state index contributed by atoms with van der Waals surface area (Å²) < 4.78 is 45.1. The van der Waals surface area contributed by atoms with E-state index in [2.05, 4.69) is 16.8 Å². The van der Waals surface area contributed by atoms with E-state index < -0.39 is 17.6 Å². The van der Waals surface area contributed by atoms with Gasteiger partial charge in [0.1, 0.15) is 11.9 Å². The summed E-state index contributed by atoms with van der Waals surface area (Å²) in [6, 6.07) is 3.48. The molecule has 0 aliphatic carbocycles. The number of amides is 1. The van der Waals surface area contributed by atoms with Crippen LogP contribution in [0, 0.1) is 0 Å². The van der Waals surface area contributed by atoms with Crippen LogP contribution in [0.15, 0.2) is 18.2 Å². The van der Waals surface area contributed by atoms with E-state index in [1.54, 1.807) is 11.9 Å². The maximum Gasteiger partial charge on any atom is 0.416 e. The second-order valence-electron chi connectivity index (χ2n) is 7.84. The Morgan fingerprint density at radius 3 is 2.48 bits per heavy atom. The SMILES string of the molecule is CN1CCC(N2CC3Oc4ccc(C(F)(F)F)cc4C(=O)N(C)C3C2)CC1. The number of nitrogens with zero attached hydrogens (tertiary/aromatic N) is 3. The lowest BCUT2D eigenvalue weighted by atomic mass is 10.0. The molecule has 3 heterocycles. The van der Waals surface area contributed by atoms with Crippen LogP contribution in [0.5, 0.6) is 5.75 Å². The first-order chi connectivity index (χ1) is 12.7. The molecular weight excluding hydrogens is 359 g/mol. The largest absolute Gasteiger partial charge is 0.486 e. The zero-order valence-corrected chi connectivity index (χ0v) is 15.5. The molecule has 4 rings (SSSR count). The summed E-state index contributed by atoms with van der Waals surface area (Å²) in [5, 5.41) is 0. The zero-order valence-electron chi connectivity index (χ0n) is 15.5. The molecule has 1 aromatic carbocycles. The van der Waals surface area contributed by atoms with Gasteiger partial charge < -0.3 is 14.5 Å². The fourth-order valence-corrected chi connectivity index (χ4v) is 4.41. The van der Waals surface area contributed by atoms with Gasteiger partial charge in [-0.05, 0) is 51.2 Å². The molecule has 148 valence electrons. The first kappa shape index (κ1) is 18.6. The van der Waals surface area contributed by atoms with E-state index in [-0.39, 0.29) is 23.5 Å². The average Bonchev–Trinajstić information content (AvgIpc) is 3.00. The molecule has 2 unspecified atom stereocenters. The van der Waals surface area contributed by atoms with Crippen LogP contribution in [-0.2, 0) is 6.18 Å². The summed E-state index contributed by atoms with van der Waals surface area (Å²) in [5.41, 5.74) is -0.834. The Hall–Kier alpha value is -1.80. The highest BCUT2D eigenvalue weighted by Crippen LogP contribution is 2.37. The summed E-state index contributed by atoms with van der Waals surface area (Å²) in [7, 11) is 3.78. The van der Waals surface area contributed by atoms with E-state index in [4.69, 9.17) is 4.74 Å². The van der Waals surface area contributed by atoms with Crippen LogP contribution in [0.1, 0.15) is 28.8 Å². The normalized spacial score (nSPS) is 27.9. The minimum Gasteiger partial charge on any atom is -0.486 e. The molecule has 0 radical (unpaired) electrons. The minimum absolute atomic E-state index is 0.00688. The van der Waals surface area contributed by atoms with Gasteiger partial charge in [0, 0.05) is 26.2 Å². The van der Waals surface area contributed by atoms with E-state index in [9.17, 15) is 18.0 Å². The van der Waals surface area contributed by atoms with Crippen LogP contribution in [-0.4, -0.2) is 79.1 Å². The quantitative estimate of drug-likeness (QED) is 0.746. The Kier molecular flexibility index (Phi) is 4.58. The summed E-state index contributed by atoms with van der Waals surface area (Å²) in [4.78, 5) is 19.1. The monoisotopic (exact) mass is 383 g/mol. The summed E-state index contributed by atoms with van der Waals surface area (Å²) in [5.74, 6) is -0.161. The number of piperidine rings is 1. The first-order valence-corrected chi connectivity index (χ1v) is 9.31. The number of halogens is 3. The molecule has 3 aliphatic rings. The molecule has 0 N–H and O–H groups in total. The molecule has 5 nitrogen and oxygen atoms in total. The van der Waals surface area contributed by atoms with Gasteiger partial charge >= 0.3 is 6.18 Å². The van der Waals surface area contributed by atoms with Gasteiger partial charge in [-0.15, -0.1) is 0 Å².